The molecule has 114 valence electrons. The summed E-state index contributed by atoms with van der Waals surface area (Å²) in [5, 5.41) is 0. The van der Waals surface area contributed by atoms with Gasteiger partial charge in [0.05, 0.1) is 0 Å². The number of hydrogen-bond donors (Lipinski definition) is 0. The van der Waals surface area contributed by atoms with Crippen molar-refractivity contribution >= 4 is 11.6 Å². The first-order chi connectivity index (χ1) is 10.3. The van der Waals surface area contributed by atoms with Crippen LogP contribution in [0.25, 0.3) is 0 Å². The van der Waals surface area contributed by atoms with Gasteiger partial charge in [-0.3, -0.25) is 9.78 Å². The molecular formula is C17H25N3O. The van der Waals surface area contributed by atoms with Gasteiger partial charge >= 0.3 is 0 Å². The number of carbonyl (C=O) groups is 1. The second-order valence-electron chi connectivity index (χ2n) is 6.15. The lowest BCUT2D eigenvalue weighted by molar-refractivity contribution is 0.0718. The van der Waals surface area contributed by atoms with E-state index in [-0.39, 0.29) is 5.91 Å². The van der Waals surface area contributed by atoms with Crippen LogP contribution in [0.15, 0.2) is 18.3 Å². The number of carbonyl (C=O) groups excluding carboxylic acids is 1. The fraction of sp³-hybridized carbons (Fsp3) is 0.647. The monoisotopic (exact) mass is 287 g/mol. The Bertz CT molecular complexity index is 475. The van der Waals surface area contributed by atoms with E-state index in [1.54, 1.807) is 6.20 Å². The molecule has 4 heteroatoms. The summed E-state index contributed by atoms with van der Waals surface area (Å²) >= 11 is 0. The Hall–Kier alpha value is -1.58. The Labute approximate surface area is 127 Å². The molecule has 2 aliphatic rings. The molecular weight excluding hydrogens is 262 g/mol. The lowest BCUT2D eigenvalue weighted by Crippen LogP contribution is -2.36. The van der Waals surface area contributed by atoms with Crippen LogP contribution in [-0.4, -0.2) is 42.0 Å². The molecule has 1 aromatic heterocycles. The minimum absolute atomic E-state index is 0.103. The molecule has 0 radical (unpaired) electrons. The molecule has 1 aromatic rings. The van der Waals surface area contributed by atoms with Gasteiger partial charge in [-0.1, -0.05) is 12.8 Å². The quantitative estimate of drug-likeness (QED) is 0.838. The molecule has 2 saturated heterocycles. The van der Waals surface area contributed by atoms with Crippen molar-refractivity contribution in [3.8, 4) is 0 Å². The summed E-state index contributed by atoms with van der Waals surface area (Å²) in [7, 11) is 0. The molecule has 3 heterocycles. The van der Waals surface area contributed by atoms with Crippen molar-refractivity contribution in [3.05, 3.63) is 24.0 Å². The van der Waals surface area contributed by atoms with Crippen molar-refractivity contribution in [2.45, 2.75) is 44.9 Å². The largest absolute Gasteiger partial charge is 0.371 e. The normalized spacial score (nSPS) is 20.2. The summed E-state index contributed by atoms with van der Waals surface area (Å²) in [6, 6.07) is 4.03. The Morgan fingerprint density at radius 3 is 2.24 bits per heavy atom. The Morgan fingerprint density at radius 2 is 1.52 bits per heavy atom. The minimum atomic E-state index is 0.103. The second kappa shape index (κ2) is 6.92. The summed E-state index contributed by atoms with van der Waals surface area (Å²) in [5.41, 5.74) is 1.77. The maximum atomic E-state index is 12.5. The molecule has 2 fully saturated rings. The SMILES string of the molecule is O=C(c1cc(N2CCCCCC2)ccn1)N1CCCCC1. The number of rotatable bonds is 2. The van der Waals surface area contributed by atoms with Gasteiger partial charge in [-0.05, 0) is 44.2 Å². The van der Waals surface area contributed by atoms with Crippen LogP contribution in [-0.2, 0) is 0 Å². The summed E-state index contributed by atoms with van der Waals surface area (Å²) in [5.74, 6) is 0.103. The van der Waals surface area contributed by atoms with Crippen molar-refractivity contribution in [3.63, 3.8) is 0 Å². The molecule has 0 saturated carbocycles. The molecule has 0 bridgehead atoms. The summed E-state index contributed by atoms with van der Waals surface area (Å²) in [6.07, 6.45) is 10.4. The zero-order chi connectivity index (χ0) is 14.5. The van der Waals surface area contributed by atoms with E-state index >= 15 is 0 Å². The smallest absolute Gasteiger partial charge is 0.272 e. The second-order valence-corrected chi connectivity index (χ2v) is 6.15. The van der Waals surface area contributed by atoms with Crippen molar-refractivity contribution < 1.29 is 4.79 Å². The predicted molar refractivity (Wildman–Crippen MR) is 84.7 cm³/mol. The van der Waals surface area contributed by atoms with Crippen molar-refractivity contribution in [2.75, 3.05) is 31.1 Å². The van der Waals surface area contributed by atoms with Crippen molar-refractivity contribution in [2.24, 2.45) is 0 Å². The van der Waals surface area contributed by atoms with Gasteiger partial charge in [0, 0.05) is 38.1 Å². The highest BCUT2D eigenvalue weighted by Crippen LogP contribution is 2.21. The number of pyridine rings is 1. The number of piperidine rings is 1. The van der Waals surface area contributed by atoms with Crippen LogP contribution >= 0.6 is 0 Å². The lowest BCUT2D eigenvalue weighted by atomic mass is 10.1. The number of aromatic nitrogens is 1. The Morgan fingerprint density at radius 1 is 0.905 bits per heavy atom. The zero-order valence-electron chi connectivity index (χ0n) is 12.8. The summed E-state index contributed by atoms with van der Waals surface area (Å²) in [6.45, 7) is 3.96. The van der Waals surface area contributed by atoms with E-state index in [2.05, 4.69) is 9.88 Å². The van der Waals surface area contributed by atoms with Crippen LogP contribution < -0.4 is 4.90 Å². The van der Waals surface area contributed by atoms with E-state index in [0.29, 0.717) is 5.69 Å². The fourth-order valence-corrected chi connectivity index (χ4v) is 3.32. The van der Waals surface area contributed by atoms with E-state index in [1.165, 1.54) is 32.1 Å². The van der Waals surface area contributed by atoms with Gasteiger partial charge < -0.3 is 9.80 Å². The van der Waals surface area contributed by atoms with Gasteiger partial charge in [0.2, 0.25) is 0 Å². The third-order valence-electron chi connectivity index (χ3n) is 4.58. The summed E-state index contributed by atoms with van der Waals surface area (Å²) < 4.78 is 0. The predicted octanol–water partition coefficient (Wildman–Crippen LogP) is 3.09. The van der Waals surface area contributed by atoms with Gasteiger partial charge in [-0.25, -0.2) is 0 Å². The molecule has 4 nitrogen and oxygen atoms in total. The third-order valence-corrected chi connectivity index (χ3v) is 4.58. The molecule has 0 unspecified atom stereocenters. The van der Waals surface area contributed by atoms with Crippen molar-refractivity contribution in [1.29, 1.82) is 0 Å². The van der Waals surface area contributed by atoms with Crippen LogP contribution in [0, 0.1) is 0 Å². The average molecular weight is 287 g/mol. The highest BCUT2D eigenvalue weighted by atomic mass is 16.2. The van der Waals surface area contributed by atoms with E-state index < -0.39 is 0 Å². The highest BCUT2D eigenvalue weighted by molar-refractivity contribution is 5.93. The maximum Gasteiger partial charge on any atom is 0.272 e. The molecule has 3 rings (SSSR count). The lowest BCUT2D eigenvalue weighted by Gasteiger charge is -2.27. The van der Waals surface area contributed by atoms with Crippen LogP contribution in [0.1, 0.15) is 55.4 Å². The minimum Gasteiger partial charge on any atom is -0.371 e. The molecule has 0 aromatic carbocycles. The molecule has 0 atom stereocenters. The van der Waals surface area contributed by atoms with E-state index in [4.69, 9.17) is 0 Å². The first kappa shape index (κ1) is 14.4. The highest BCUT2D eigenvalue weighted by Gasteiger charge is 2.20. The number of nitrogens with zero attached hydrogens (tertiary/aromatic N) is 3. The average Bonchev–Trinajstić information content (AvgIpc) is 2.84. The molecule has 0 N–H and O–H groups in total. The van der Waals surface area contributed by atoms with Crippen LogP contribution in [0.3, 0.4) is 0 Å². The molecule has 21 heavy (non-hydrogen) atoms. The van der Waals surface area contributed by atoms with E-state index in [1.807, 2.05) is 17.0 Å². The molecule has 2 aliphatic heterocycles. The molecule has 0 aliphatic carbocycles. The van der Waals surface area contributed by atoms with Crippen LogP contribution in [0.5, 0.6) is 0 Å². The van der Waals surface area contributed by atoms with Gasteiger partial charge in [0.15, 0.2) is 0 Å². The van der Waals surface area contributed by atoms with Gasteiger partial charge in [-0.15, -0.1) is 0 Å². The first-order valence-electron chi connectivity index (χ1n) is 8.35. The molecule has 0 spiro atoms. The number of likely N-dealkylation sites (tertiary alicyclic amines) is 1. The van der Waals surface area contributed by atoms with Crippen molar-refractivity contribution in [1.82, 2.24) is 9.88 Å². The fourth-order valence-electron chi connectivity index (χ4n) is 3.32. The van der Waals surface area contributed by atoms with E-state index in [0.717, 1.165) is 44.7 Å². The molecule has 1 amide bonds. The topological polar surface area (TPSA) is 36.4 Å². The maximum absolute atomic E-state index is 12.5. The number of hydrogen-bond acceptors (Lipinski definition) is 3. The standard InChI is InChI=1S/C17H25N3O/c21-17(20-12-6-3-7-13-20)16-14-15(8-9-18-16)19-10-4-1-2-5-11-19/h8-9,14H,1-7,10-13H2. The third kappa shape index (κ3) is 3.55. The van der Waals surface area contributed by atoms with E-state index in [9.17, 15) is 4.79 Å². The van der Waals surface area contributed by atoms with Crippen LogP contribution in [0.2, 0.25) is 0 Å². The van der Waals surface area contributed by atoms with Crippen LogP contribution in [0.4, 0.5) is 5.69 Å². The summed E-state index contributed by atoms with van der Waals surface area (Å²) in [4.78, 5) is 21.2. The zero-order valence-corrected chi connectivity index (χ0v) is 12.8. The van der Waals surface area contributed by atoms with Gasteiger partial charge in [0.25, 0.3) is 5.91 Å². The Balaban J connectivity index is 1.74. The van der Waals surface area contributed by atoms with Gasteiger partial charge in [-0.2, -0.15) is 0 Å². The number of amides is 1. The first-order valence-corrected chi connectivity index (χ1v) is 8.35. The van der Waals surface area contributed by atoms with Gasteiger partial charge in [0.1, 0.15) is 5.69 Å². The number of anilines is 1. The Kier molecular flexibility index (Phi) is 4.73.